The molecule has 0 aliphatic heterocycles. The van der Waals surface area contributed by atoms with E-state index in [4.69, 9.17) is 0 Å². The van der Waals surface area contributed by atoms with Gasteiger partial charge in [0.1, 0.15) is 0 Å². The van der Waals surface area contributed by atoms with E-state index in [0.29, 0.717) is 0 Å². The summed E-state index contributed by atoms with van der Waals surface area (Å²) in [6.45, 7) is 1.79. The van der Waals surface area contributed by atoms with Crippen molar-refractivity contribution < 1.29 is 84.2 Å². The predicted molar refractivity (Wildman–Crippen MR) is 75.7 cm³/mol. The fraction of sp³-hybridized carbons (Fsp3) is 0.933. The topological polar surface area (TPSA) is 26.3 Å². The van der Waals surface area contributed by atoms with Crippen molar-refractivity contribution in [2.45, 2.75) is 74.3 Å². The second-order valence-corrected chi connectivity index (χ2v) is 7.19. The van der Waals surface area contributed by atoms with Crippen molar-refractivity contribution in [3.8, 4) is 0 Å². The molecule has 0 radical (unpaired) electrons. The van der Waals surface area contributed by atoms with E-state index in [0.717, 1.165) is 0 Å². The molecule has 0 aliphatic carbocycles. The molecule has 0 bridgehead atoms. The van der Waals surface area contributed by atoms with E-state index in [2.05, 4.69) is 4.74 Å². The zero-order valence-corrected chi connectivity index (χ0v) is 16.4. The van der Waals surface area contributed by atoms with Gasteiger partial charge >= 0.3 is 53.6 Å². The highest BCUT2D eigenvalue weighted by molar-refractivity contribution is 5.79. The molecule has 0 heterocycles. The molecule has 0 aromatic heterocycles. The largest absolute Gasteiger partial charge is 0.461 e. The van der Waals surface area contributed by atoms with Gasteiger partial charge < -0.3 is 4.74 Å². The average molecular weight is 548 g/mol. The van der Waals surface area contributed by atoms with E-state index in [1.807, 2.05) is 0 Å². The second-order valence-electron chi connectivity index (χ2n) is 7.19. The average Bonchev–Trinajstić information content (AvgIpc) is 2.62. The zero-order chi connectivity index (χ0) is 28.0. The van der Waals surface area contributed by atoms with Gasteiger partial charge in [-0.2, -0.15) is 74.6 Å². The number of hydrogen-bond acceptors (Lipinski definition) is 2. The van der Waals surface area contributed by atoms with Crippen molar-refractivity contribution in [3.05, 3.63) is 0 Å². The summed E-state index contributed by atoms with van der Waals surface area (Å²) in [7, 11) is 0. The molecule has 0 amide bonds. The molecule has 0 atom stereocenters. The normalized spacial score (nSPS) is 15.6. The summed E-state index contributed by atoms with van der Waals surface area (Å²) in [6, 6.07) is 0. The zero-order valence-electron chi connectivity index (χ0n) is 16.4. The number of rotatable bonds is 11. The van der Waals surface area contributed by atoms with E-state index in [1.54, 1.807) is 0 Å². The van der Waals surface area contributed by atoms with Gasteiger partial charge in [-0.1, -0.05) is 13.8 Å². The number of alkyl halides is 17. The molecule has 0 spiro atoms. The van der Waals surface area contributed by atoms with E-state index in [9.17, 15) is 79.4 Å². The fourth-order valence-electron chi connectivity index (χ4n) is 2.04. The lowest BCUT2D eigenvalue weighted by atomic mass is 9.89. The standard InChI is InChI=1S/C15H13F17O2/c1-6(2)4-3-5-34-7(33)8(16,17)9(18,19)10(20,21)11(22,23)12(24,25)13(26,27)14(28,29)15(30,31)32/h6H,3-5H2,1-2H3. The molecular weight excluding hydrogens is 535 g/mol. The molecule has 0 aromatic carbocycles. The van der Waals surface area contributed by atoms with Gasteiger partial charge in [0, 0.05) is 0 Å². The summed E-state index contributed by atoms with van der Waals surface area (Å²) in [5.41, 5.74) is 0. The molecule has 2 nitrogen and oxygen atoms in total. The van der Waals surface area contributed by atoms with Crippen molar-refractivity contribution in [2.24, 2.45) is 5.92 Å². The molecule has 0 fully saturated rings. The maximum Gasteiger partial charge on any atom is 0.460 e. The Morgan fingerprint density at radius 3 is 1.24 bits per heavy atom. The minimum Gasteiger partial charge on any atom is -0.461 e. The van der Waals surface area contributed by atoms with Crippen LogP contribution in [0.15, 0.2) is 0 Å². The third kappa shape index (κ3) is 4.70. The van der Waals surface area contributed by atoms with Crippen molar-refractivity contribution in [1.82, 2.24) is 0 Å². The van der Waals surface area contributed by atoms with Gasteiger partial charge in [-0.05, 0) is 18.8 Å². The minimum absolute atomic E-state index is 0.0399. The number of halogens is 17. The van der Waals surface area contributed by atoms with Crippen LogP contribution in [-0.4, -0.2) is 60.2 Å². The number of hydrogen-bond donors (Lipinski definition) is 0. The van der Waals surface area contributed by atoms with Crippen molar-refractivity contribution in [2.75, 3.05) is 6.61 Å². The summed E-state index contributed by atoms with van der Waals surface area (Å²) in [5.74, 6) is -62.0. The van der Waals surface area contributed by atoms with Gasteiger partial charge in [0.2, 0.25) is 0 Å². The number of carbonyl (C=O) groups excluding carboxylic acids is 1. The summed E-state index contributed by atoms with van der Waals surface area (Å²) in [6.07, 6.45) is -8.18. The molecule has 0 saturated heterocycles. The predicted octanol–water partition coefficient (Wildman–Crippen LogP) is 6.98. The number of carbonyl (C=O) groups is 1. The van der Waals surface area contributed by atoms with Crippen LogP contribution in [-0.2, 0) is 9.53 Å². The smallest absolute Gasteiger partial charge is 0.460 e. The van der Waals surface area contributed by atoms with Gasteiger partial charge in [-0.3, -0.25) is 0 Å². The molecule has 0 aliphatic rings. The Bertz CT molecular complexity index is 723. The van der Waals surface area contributed by atoms with Crippen LogP contribution in [0.4, 0.5) is 74.6 Å². The van der Waals surface area contributed by atoms with Crippen LogP contribution >= 0.6 is 0 Å². The van der Waals surface area contributed by atoms with Crippen LogP contribution in [0.25, 0.3) is 0 Å². The Hall–Kier alpha value is -1.72. The van der Waals surface area contributed by atoms with E-state index in [-0.39, 0.29) is 12.3 Å². The van der Waals surface area contributed by atoms with Gasteiger partial charge in [-0.25, -0.2) is 4.79 Å². The highest BCUT2D eigenvalue weighted by Crippen LogP contribution is 2.64. The van der Waals surface area contributed by atoms with Gasteiger partial charge in [0.25, 0.3) is 0 Å². The lowest BCUT2D eigenvalue weighted by Crippen LogP contribution is -2.75. The minimum atomic E-state index is -8.73. The molecule has 0 saturated carbocycles. The quantitative estimate of drug-likeness (QED) is 0.158. The van der Waals surface area contributed by atoms with Crippen LogP contribution < -0.4 is 0 Å². The molecule has 0 N–H and O–H groups in total. The summed E-state index contributed by atoms with van der Waals surface area (Å²) in [5, 5.41) is 0. The molecule has 204 valence electrons. The Kier molecular flexibility index (Phi) is 8.60. The third-order valence-corrected chi connectivity index (χ3v) is 4.14. The molecular formula is C15H13F17O2. The molecule has 0 unspecified atom stereocenters. The lowest BCUT2D eigenvalue weighted by Gasteiger charge is -2.42. The molecule has 0 rings (SSSR count). The van der Waals surface area contributed by atoms with Crippen LogP contribution in [0.5, 0.6) is 0 Å². The van der Waals surface area contributed by atoms with Crippen molar-refractivity contribution >= 4 is 5.97 Å². The molecule has 34 heavy (non-hydrogen) atoms. The number of ether oxygens (including phenoxy) is 1. The fourth-order valence-corrected chi connectivity index (χ4v) is 2.04. The van der Waals surface area contributed by atoms with Crippen LogP contribution in [0.2, 0.25) is 0 Å². The number of esters is 1. The first-order valence-electron chi connectivity index (χ1n) is 8.47. The Labute approximate surface area is 178 Å². The Morgan fingerprint density at radius 1 is 0.588 bits per heavy atom. The maximum atomic E-state index is 13.5. The van der Waals surface area contributed by atoms with E-state index >= 15 is 0 Å². The molecule has 0 aromatic rings. The van der Waals surface area contributed by atoms with Gasteiger partial charge in [0.15, 0.2) is 0 Å². The lowest BCUT2D eigenvalue weighted by molar-refractivity contribution is -0.460. The van der Waals surface area contributed by atoms with Crippen LogP contribution in [0.1, 0.15) is 26.7 Å². The summed E-state index contributed by atoms with van der Waals surface area (Å²) in [4.78, 5) is 11.0. The van der Waals surface area contributed by atoms with Gasteiger partial charge in [0.05, 0.1) is 6.61 Å². The van der Waals surface area contributed by atoms with Crippen LogP contribution in [0.3, 0.4) is 0 Å². The highest BCUT2D eigenvalue weighted by Gasteiger charge is 2.95. The SMILES string of the molecule is CC(C)CCCOC(=O)C(F)(F)C(F)(F)C(F)(F)C(F)(F)C(F)(F)C(F)(F)C(F)(F)C(F)(F)F. The Balaban J connectivity index is 6.37. The first-order valence-corrected chi connectivity index (χ1v) is 8.47. The maximum absolute atomic E-state index is 13.5. The van der Waals surface area contributed by atoms with Crippen molar-refractivity contribution in [1.29, 1.82) is 0 Å². The monoisotopic (exact) mass is 548 g/mol. The van der Waals surface area contributed by atoms with Gasteiger partial charge in [-0.15, -0.1) is 0 Å². The third-order valence-electron chi connectivity index (χ3n) is 4.14. The van der Waals surface area contributed by atoms with E-state index < -0.39 is 66.6 Å². The summed E-state index contributed by atoms with van der Waals surface area (Å²) >= 11 is 0. The van der Waals surface area contributed by atoms with Crippen LogP contribution in [0, 0.1) is 5.92 Å². The molecule has 19 heteroatoms. The first-order chi connectivity index (χ1) is 14.6. The van der Waals surface area contributed by atoms with Crippen molar-refractivity contribution in [3.63, 3.8) is 0 Å². The van der Waals surface area contributed by atoms with E-state index in [1.165, 1.54) is 13.8 Å². The highest BCUT2D eigenvalue weighted by atomic mass is 19.4. The summed E-state index contributed by atoms with van der Waals surface area (Å²) < 4.78 is 225. The Morgan fingerprint density at radius 2 is 0.912 bits per heavy atom. The second kappa shape index (κ2) is 9.05. The first kappa shape index (κ1) is 32.3.